The Labute approximate surface area is 123 Å². The molecule has 0 aliphatic carbocycles. The van der Waals surface area contributed by atoms with Gasteiger partial charge in [-0.25, -0.2) is 9.78 Å². The third-order valence-corrected chi connectivity index (χ3v) is 4.10. The first-order valence-electron chi connectivity index (χ1n) is 6.45. The molecule has 0 aliphatic heterocycles. The van der Waals surface area contributed by atoms with Crippen LogP contribution in [0.4, 0.5) is 5.13 Å². The molecule has 1 unspecified atom stereocenters. The molecule has 19 heavy (non-hydrogen) atoms. The van der Waals surface area contributed by atoms with Crippen LogP contribution in [0.1, 0.15) is 49.7 Å². The molecule has 1 N–H and O–H groups in total. The fourth-order valence-corrected chi connectivity index (χ4v) is 2.91. The Morgan fingerprint density at radius 1 is 1.42 bits per heavy atom. The number of esters is 1. The lowest BCUT2D eigenvalue weighted by molar-refractivity contribution is 0.0606. The number of aromatic nitrogens is 1. The largest absolute Gasteiger partial charge is 0.465 e. The zero-order chi connectivity index (χ0) is 14.4. The molecular weight excluding hydrogens is 284 g/mol. The number of hydrogen-bond acceptors (Lipinski definition) is 5. The van der Waals surface area contributed by atoms with Gasteiger partial charge in [0, 0.05) is 6.04 Å². The van der Waals surface area contributed by atoms with E-state index in [1.165, 1.54) is 31.3 Å². The monoisotopic (exact) mass is 304 g/mol. The van der Waals surface area contributed by atoms with Crippen LogP contribution in [0.15, 0.2) is 0 Å². The van der Waals surface area contributed by atoms with Gasteiger partial charge in [0.1, 0.15) is 0 Å². The smallest absolute Gasteiger partial charge is 0.351 e. The molecular formula is C13H21ClN2O2S. The molecule has 1 rings (SSSR count). The molecule has 1 aromatic heterocycles. The molecule has 0 aliphatic rings. The molecule has 0 aromatic carbocycles. The molecule has 0 saturated heterocycles. The number of carbonyl (C=O) groups is 1. The van der Waals surface area contributed by atoms with E-state index in [0.717, 1.165) is 12.3 Å². The van der Waals surface area contributed by atoms with Crippen molar-refractivity contribution in [3.63, 3.8) is 0 Å². The molecule has 0 fully saturated rings. The summed E-state index contributed by atoms with van der Waals surface area (Å²) in [6, 6.07) is 0.312. The molecule has 0 spiro atoms. The Bertz CT molecular complexity index is 421. The number of anilines is 1. The van der Waals surface area contributed by atoms with Crippen LogP contribution in [0.5, 0.6) is 0 Å². The number of halogens is 1. The molecule has 0 saturated carbocycles. The quantitative estimate of drug-likeness (QED) is 0.767. The first-order chi connectivity index (χ1) is 8.93. The minimum absolute atomic E-state index is 0.203. The summed E-state index contributed by atoms with van der Waals surface area (Å²) in [5, 5.41) is 4.14. The van der Waals surface area contributed by atoms with Crippen LogP contribution >= 0.6 is 22.9 Å². The summed E-state index contributed by atoms with van der Waals surface area (Å²) in [5.74, 6) is 0.287. The Morgan fingerprint density at radius 2 is 2.11 bits per heavy atom. The van der Waals surface area contributed by atoms with Crippen LogP contribution < -0.4 is 5.32 Å². The van der Waals surface area contributed by atoms with E-state index in [1.807, 2.05) is 0 Å². The third-order valence-electron chi connectivity index (χ3n) is 2.75. The van der Waals surface area contributed by atoms with Gasteiger partial charge in [-0.3, -0.25) is 0 Å². The van der Waals surface area contributed by atoms with Crippen molar-refractivity contribution in [2.75, 3.05) is 12.4 Å². The summed E-state index contributed by atoms with van der Waals surface area (Å²) in [4.78, 5) is 15.9. The van der Waals surface area contributed by atoms with Gasteiger partial charge < -0.3 is 10.1 Å². The van der Waals surface area contributed by atoms with Crippen molar-refractivity contribution in [3.05, 3.63) is 10.0 Å². The Hall–Kier alpha value is -0.810. The Kier molecular flexibility index (Phi) is 6.58. The molecule has 108 valence electrons. The summed E-state index contributed by atoms with van der Waals surface area (Å²) in [6.45, 7) is 6.55. The van der Waals surface area contributed by atoms with Crippen molar-refractivity contribution in [3.8, 4) is 0 Å². The van der Waals surface area contributed by atoms with Gasteiger partial charge >= 0.3 is 5.97 Å². The predicted molar refractivity (Wildman–Crippen MR) is 80.2 cm³/mol. The number of carbonyl (C=O) groups excluding carboxylic acids is 1. The van der Waals surface area contributed by atoms with Gasteiger partial charge in [-0.1, -0.05) is 49.6 Å². The Balaban J connectivity index is 2.50. The number of methoxy groups -OCH3 is 1. The maximum absolute atomic E-state index is 11.4. The number of ether oxygens (including phenoxy) is 1. The molecule has 4 nitrogen and oxygen atoms in total. The lowest BCUT2D eigenvalue weighted by Gasteiger charge is -2.13. The van der Waals surface area contributed by atoms with Crippen LogP contribution in [0.3, 0.4) is 0 Å². The first-order valence-corrected chi connectivity index (χ1v) is 7.64. The summed E-state index contributed by atoms with van der Waals surface area (Å²) < 4.78 is 4.65. The van der Waals surface area contributed by atoms with Gasteiger partial charge in [0.2, 0.25) is 0 Å². The average molecular weight is 305 g/mol. The van der Waals surface area contributed by atoms with Crippen LogP contribution in [0.25, 0.3) is 0 Å². The number of rotatable bonds is 7. The first kappa shape index (κ1) is 16.2. The molecule has 1 aromatic rings. The highest BCUT2D eigenvalue weighted by Crippen LogP contribution is 2.28. The van der Waals surface area contributed by atoms with Crippen molar-refractivity contribution in [2.24, 2.45) is 5.92 Å². The zero-order valence-corrected chi connectivity index (χ0v) is 13.4. The number of nitrogens with zero attached hydrogens (tertiary/aromatic N) is 1. The van der Waals surface area contributed by atoms with Crippen molar-refractivity contribution >= 4 is 34.0 Å². The minimum Gasteiger partial charge on any atom is -0.465 e. The average Bonchev–Trinajstić information content (AvgIpc) is 2.68. The topological polar surface area (TPSA) is 51.2 Å². The summed E-state index contributed by atoms with van der Waals surface area (Å²) in [7, 11) is 1.33. The van der Waals surface area contributed by atoms with Crippen molar-refractivity contribution in [2.45, 2.75) is 46.1 Å². The van der Waals surface area contributed by atoms with E-state index in [4.69, 9.17) is 11.6 Å². The highest BCUT2D eigenvalue weighted by atomic mass is 35.5. The van der Waals surface area contributed by atoms with Gasteiger partial charge in [0.05, 0.1) is 7.11 Å². The van der Waals surface area contributed by atoms with Gasteiger partial charge in [-0.05, 0) is 19.3 Å². The van der Waals surface area contributed by atoms with E-state index < -0.39 is 5.97 Å². The lowest BCUT2D eigenvalue weighted by Crippen LogP contribution is -2.14. The summed E-state index contributed by atoms with van der Waals surface area (Å²) in [6.07, 6.45) is 3.47. The molecule has 0 amide bonds. The van der Waals surface area contributed by atoms with Crippen molar-refractivity contribution in [1.82, 2.24) is 4.98 Å². The fourth-order valence-electron chi connectivity index (χ4n) is 1.70. The van der Waals surface area contributed by atoms with E-state index in [-0.39, 0.29) is 5.15 Å². The number of thiazole rings is 1. The van der Waals surface area contributed by atoms with Crippen molar-refractivity contribution in [1.29, 1.82) is 0 Å². The van der Waals surface area contributed by atoms with E-state index in [9.17, 15) is 4.79 Å². The maximum Gasteiger partial charge on any atom is 0.351 e. The Morgan fingerprint density at radius 3 is 2.68 bits per heavy atom. The minimum atomic E-state index is -0.442. The van der Waals surface area contributed by atoms with Gasteiger partial charge in [-0.15, -0.1) is 0 Å². The second kappa shape index (κ2) is 7.70. The van der Waals surface area contributed by atoms with E-state index in [0.29, 0.717) is 16.1 Å². The van der Waals surface area contributed by atoms with Crippen LogP contribution in [0, 0.1) is 5.92 Å². The lowest BCUT2D eigenvalue weighted by atomic mass is 10.0. The van der Waals surface area contributed by atoms with E-state index in [2.05, 4.69) is 35.8 Å². The summed E-state index contributed by atoms with van der Waals surface area (Å²) in [5.41, 5.74) is 0. The van der Waals surface area contributed by atoms with Crippen molar-refractivity contribution < 1.29 is 9.53 Å². The van der Waals surface area contributed by atoms with Crippen LogP contribution in [-0.4, -0.2) is 24.1 Å². The SMILES string of the molecule is COC(=O)c1sc(NC(C)CCCC(C)C)nc1Cl. The van der Waals surface area contributed by atoms with Gasteiger partial charge in [0.15, 0.2) is 15.2 Å². The molecule has 0 radical (unpaired) electrons. The van der Waals surface area contributed by atoms with E-state index in [1.54, 1.807) is 0 Å². The maximum atomic E-state index is 11.4. The molecule has 1 heterocycles. The predicted octanol–water partition coefficient (Wildman–Crippen LogP) is 4.21. The van der Waals surface area contributed by atoms with Gasteiger partial charge in [-0.2, -0.15) is 0 Å². The molecule has 1 atom stereocenters. The number of hydrogen-bond donors (Lipinski definition) is 1. The highest BCUT2D eigenvalue weighted by molar-refractivity contribution is 7.18. The highest BCUT2D eigenvalue weighted by Gasteiger charge is 2.18. The summed E-state index contributed by atoms with van der Waals surface area (Å²) >= 11 is 7.14. The second-order valence-corrected chi connectivity index (χ2v) is 6.36. The fraction of sp³-hybridized carbons (Fsp3) is 0.692. The normalized spacial score (nSPS) is 12.5. The molecule has 6 heteroatoms. The second-order valence-electron chi connectivity index (χ2n) is 5.00. The van der Waals surface area contributed by atoms with Crippen LogP contribution in [-0.2, 0) is 4.74 Å². The van der Waals surface area contributed by atoms with E-state index >= 15 is 0 Å². The molecule has 0 bridgehead atoms. The van der Waals surface area contributed by atoms with Gasteiger partial charge in [0.25, 0.3) is 0 Å². The zero-order valence-electron chi connectivity index (χ0n) is 11.8. The number of nitrogens with one attached hydrogen (secondary N) is 1. The third kappa shape index (κ3) is 5.37. The standard InChI is InChI=1S/C13H21ClN2O2S/c1-8(2)6-5-7-9(3)15-13-16-11(14)10(19-13)12(17)18-4/h8-9H,5-7H2,1-4H3,(H,15,16). The van der Waals surface area contributed by atoms with Crippen LogP contribution in [0.2, 0.25) is 5.15 Å².